The highest BCUT2D eigenvalue weighted by atomic mass is 15.1. The lowest BCUT2D eigenvalue weighted by molar-refractivity contribution is 0.660. The average Bonchev–Trinajstić information content (AvgIpc) is 3.47. The van der Waals surface area contributed by atoms with Crippen LogP contribution in [0.4, 0.5) is 17.1 Å². The molecule has 1 aliphatic rings. The molecule has 1 aliphatic carbocycles. The maximum atomic E-state index is 2.49. The van der Waals surface area contributed by atoms with Gasteiger partial charge in [-0.25, -0.2) is 0 Å². The summed E-state index contributed by atoms with van der Waals surface area (Å²) in [6, 6.07) is 73.5. The first-order valence-electron chi connectivity index (χ1n) is 18.9. The first-order valence-corrected chi connectivity index (χ1v) is 18.9. The zero-order valence-corrected chi connectivity index (χ0v) is 30.5. The molecule has 0 N–H and O–H groups in total. The molecular weight excluding hydrogens is 651 g/mol. The highest BCUT2D eigenvalue weighted by Crippen LogP contribution is 2.55. The molecule has 0 unspecified atom stereocenters. The molecule has 1 nitrogen and oxygen atoms in total. The van der Waals surface area contributed by atoms with Crippen LogP contribution in [0.5, 0.6) is 0 Å². The lowest BCUT2D eigenvalue weighted by Gasteiger charge is -2.31. The van der Waals surface area contributed by atoms with Gasteiger partial charge in [-0.2, -0.15) is 0 Å². The summed E-state index contributed by atoms with van der Waals surface area (Å²) in [6.07, 6.45) is 0. The molecule has 0 aliphatic heterocycles. The topological polar surface area (TPSA) is 3.24 Å². The highest BCUT2D eigenvalue weighted by Gasteiger charge is 2.37. The molecule has 0 atom stereocenters. The van der Waals surface area contributed by atoms with Crippen molar-refractivity contribution in [1.82, 2.24) is 0 Å². The van der Waals surface area contributed by atoms with E-state index in [1.807, 2.05) is 0 Å². The molecule has 1 heteroatoms. The molecule has 0 aromatic heterocycles. The molecule has 0 radical (unpaired) electrons. The molecule has 0 amide bonds. The van der Waals surface area contributed by atoms with Gasteiger partial charge in [-0.05, 0) is 96.6 Å². The maximum Gasteiger partial charge on any atom is 0.0546 e. The van der Waals surface area contributed by atoms with Gasteiger partial charge in [0.2, 0.25) is 0 Å². The van der Waals surface area contributed by atoms with E-state index in [4.69, 9.17) is 0 Å². The summed E-state index contributed by atoms with van der Waals surface area (Å²) in [4.78, 5) is 2.49. The molecule has 10 rings (SSSR count). The highest BCUT2D eigenvalue weighted by molar-refractivity contribution is 6.06. The Kier molecular flexibility index (Phi) is 7.56. The Morgan fingerprint density at radius 1 is 0.352 bits per heavy atom. The Labute approximate surface area is 317 Å². The van der Waals surface area contributed by atoms with Gasteiger partial charge in [-0.15, -0.1) is 0 Å². The number of hydrogen-bond donors (Lipinski definition) is 0. The van der Waals surface area contributed by atoms with Crippen molar-refractivity contribution in [1.29, 1.82) is 0 Å². The van der Waals surface area contributed by atoms with E-state index in [9.17, 15) is 0 Å². The molecule has 0 fully saturated rings. The fraction of sp³-hybridized carbons (Fsp3) is 0.0566. The number of hydrogen-bond acceptors (Lipinski definition) is 1. The van der Waals surface area contributed by atoms with Crippen molar-refractivity contribution in [3.8, 4) is 44.5 Å². The van der Waals surface area contributed by atoms with Gasteiger partial charge < -0.3 is 4.90 Å². The molecule has 0 bridgehead atoms. The van der Waals surface area contributed by atoms with Gasteiger partial charge in [0.05, 0.1) is 11.4 Å². The van der Waals surface area contributed by atoms with E-state index in [1.54, 1.807) is 0 Å². The number of fused-ring (bicyclic) bond motifs is 5. The summed E-state index contributed by atoms with van der Waals surface area (Å²) in [5, 5.41) is 4.92. The van der Waals surface area contributed by atoms with E-state index in [0.29, 0.717) is 0 Å². The van der Waals surface area contributed by atoms with Crippen LogP contribution in [0.2, 0.25) is 0 Å². The zero-order valence-electron chi connectivity index (χ0n) is 30.5. The summed E-state index contributed by atoms with van der Waals surface area (Å²) in [6.45, 7) is 4.73. The number of anilines is 3. The quantitative estimate of drug-likeness (QED) is 0.168. The van der Waals surface area contributed by atoms with Crippen molar-refractivity contribution in [3.05, 3.63) is 211 Å². The molecule has 9 aromatic rings. The van der Waals surface area contributed by atoms with Gasteiger partial charge in [0, 0.05) is 22.1 Å². The lowest BCUT2D eigenvalue weighted by atomic mass is 9.81. The number of rotatable bonds is 6. The summed E-state index contributed by atoms with van der Waals surface area (Å²) in [5.41, 5.74) is 16.0. The second-order valence-corrected chi connectivity index (χ2v) is 14.9. The first-order chi connectivity index (χ1) is 26.6. The van der Waals surface area contributed by atoms with Crippen molar-refractivity contribution in [2.45, 2.75) is 19.3 Å². The van der Waals surface area contributed by atoms with E-state index in [1.165, 1.54) is 77.2 Å². The van der Waals surface area contributed by atoms with Crippen LogP contribution < -0.4 is 4.90 Å². The monoisotopic (exact) mass is 689 g/mol. The van der Waals surface area contributed by atoms with Crippen LogP contribution in [0.3, 0.4) is 0 Å². The molecule has 0 heterocycles. The van der Waals surface area contributed by atoms with Crippen molar-refractivity contribution in [3.63, 3.8) is 0 Å². The first kappa shape index (κ1) is 32.0. The van der Waals surface area contributed by atoms with E-state index >= 15 is 0 Å². The summed E-state index contributed by atoms with van der Waals surface area (Å²) in [5.74, 6) is 0. The second kappa shape index (κ2) is 12.8. The molecule has 54 heavy (non-hydrogen) atoms. The fourth-order valence-corrected chi connectivity index (χ4v) is 8.81. The van der Waals surface area contributed by atoms with Gasteiger partial charge in [0.1, 0.15) is 0 Å². The lowest BCUT2D eigenvalue weighted by Crippen LogP contribution is -2.15. The van der Waals surface area contributed by atoms with Crippen LogP contribution in [0.1, 0.15) is 25.0 Å². The molecule has 0 saturated carbocycles. The normalized spacial score (nSPS) is 12.8. The van der Waals surface area contributed by atoms with Crippen LogP contribution in [-0.4, -0.2) is 0 Å². The van der Waals surface area contributed by atoms with Crippen LogP contribution in [0.25, 0.3) is 66.1 Å². The van der Waals surface area contributed by atoms with Gasteiger partial charge in [-0.3, -0.25) is 0 Å². The molecule has 0 saturated heterocycles. The Hall–Kier alpha value is -6.70. The second-order valence-electron chi connectivity index (χ2n) is 14.9. The van der Waals surface area contributed by atoms with E-state index in [0.717, 1.165) is 17.1 Å². The Morgan fingerprint density at radius 3 is 1.80 bits per heavy atom. The van der Waals surface area contributed by atoms with Gasteiger partial charge in [-0.1, -0.05) is 184 Å². The van der Waals surface area contributed by atoms with Crippen LogP contribution in [0.15, 0.2) is 200 Å². The largest absolute Gasteiger partial charge is 0.309 e. The van der Waals surface area contributed by atoms with Gasteiger partial charge >= 0.3 is 0 Å². The smallest absolute Gasteiger partial charge is 0.0546 e. The number of benzene rings is 9. The molecule has 256 valence electrons. The summed E-state index contributed by atoms with van der Waals surface area (Å²) >= 11 is 0. The van der Waals surface area contributed by atoms with Crippen molar-refractivity contribution < 1.29 is 0 Å². The Morgan fingerprint density at radius 2 is 0.944 bits per heavy atom. The third kappa shape index (κ3) is 5.16. The van der Waals surface area contributed by atoms with E-state index in [2.05, 4.69) is 219 Å². The predicted octanol–water partition coefficient (Wildman–Crippen LogP) is 14.8. The third-order valence-corrected chi connectivity index (χ3v) is 11.5. The molecule has 0 spiro atoms. The Bertz CT molecular complexity index is 2840. The minimum atomic E-state index is -0.113. The average molecular weight is 690 g/mol. The standard InChI is InChI=1S/C53H39N/c1-53(2)47-25-11-10-22-45(47)51-46(24-13-26-48(51)53)52-44(39-16-4-3-5-17-39)23-14-28-50(52)54(49-27-12-20-38-18-8-9-21-43(38)49)42-33-31-37(32-34-42)41-30-29-36-15-6-7-19-40(36)35-41/h3-35H,1-2H3. The zero-order chi connectivity index (χ0) is 36.2. The van der Waals surface area contributed by atoms with Crippen LogP contribution in [0, 0.1) is 0 Å². The summed E-state index contributed by atoms with van der Waals surface area (Å²) < 4.78 is 0. The maximum absolute atomic E-state index is 2.49. The van der Waals surface area contributed by atoms with Crippen molar-refractivity contribution in [2.75, 3.05) is 4.90 Å². The van der Waals surface area contributed by atoms with Crippen molar-refractivity contribution in [2.24, 2.45) is 0 Å². The Balaban J connectivity index is 1.25. The predicted molar refractivity (Wildman–Crippen MR) is 230 cm³/mol. The summed E-state index contributed by atoms with van der Waals surface area (Å²) in [7, 11) is 0. The SMILES string of the molecule is CC1(C)c2ccccc2-c2c(-c3c(-c4ccccc4)cccc3N(c3ccc(-c4ccc5ccccc5c4)cc3)c3cccc4ccccc34)cccc21. The number of nitrogens with zero attached hydrogens (tertiary/aromatic N) is 1. The third-order valence-electron chi connectivity index (χ3n) is 11.5. The minimum absolute atomic E-state index is 0.113. The molecule has 9 aromatic carbocycles. The fourth-order valence-electron chi connectivity index (χ4n) is 8.81. The van der Waals surface area contributed by atoms with E-state index < -0.39 is 0 Å². The van der Waals surface area contributed by atoms with Gasteiger partial charge in [0.15, 0.2) is 0 Å². The minimum Gasteiger partial charge on any atom is -0.309 e. The van der Waals surface area contributed by atoms with Gasteiger partial charge in [0.25, 0.3) is 0 Å². The molecular formula is C53H39N. The van der Waals surface area contributed by atoms with Crippen molar-refractivity contribution >= 4 is 38.6 Å². The van der Waals surface area contributed by atoms with Crippen LogP contribution >= 0.6 is 0 Å². The van der Waals surface area contributed by atoms with Crippen LogP contribution in [-0.2, 0) is 5.41 Å². The van der Waals surface area contributed by atoms with E-state index in [-0.39, 0.29) is 5.41 Å².